The van der Waals surface area contributed by atoms with Crippen LogP contribution in [0.1, 0.15) is 0 Å². The molecule has 0 aliphatic carbocycles. The zero-order valence-electron chi connectivity index (χ0n) is 7.44. The summed E-state index contributed by atoms with van der Waals surface area (Å²) < 4.78 is 0. The molecule has 15 heavy (non-hydrogen) atoms. The number of carbonyl (C=O) groups is 1. The van der Waals surface area contributed by atoms with E-state index in [9.17, 15) is 20.0 Å². The molecule has 1 rings (SSSR count). The highest BCUT2D eigenvalue weighted by Gasteiger charge is 2.11. The van der Waals surface area contributed by atoms with E-state index >= 15 is 0 Å². The van der Waals surface area contributed by atoms with Crippen molar-refractivity contribution in [1.29, 1.82) is 0 Å². The number of hydrogen-bond donors (Lipinski definition) is 2. The van der Waals surface area contributed by atoms with Crippen LogP contribution >= 0.6 is 11.6 Å². The number of non-ortho nitro benzene ring substituents is 1. The molecular formula is C8H7ClN2O4. The largest absolute Gasteiger partial charge is 0.506 e. The number of rotatable bonds is 3. The van der Waals surface area contributed by atoms with Gasteiger partial charge >= 0.3 is 0 Å². The van der Waals surface area contributed by atoms with Crippen molar-refractivity contribution in [3.63, 3.8) is 0 Å². The Labute approximate surface area is 89.6 Å². The summed E-state index contributed by atoms with van der Waals surface area (Å²) in [6.45, 7) is 0. The molecule has 80 valence electrons. The number of anilines is 1. The van der Waals surface area contributed by atoms with Crippen molar-refractivity contribution in [3.05, 3.63) is 28.3 Å². The van der Waals surface area contributed by atoms with Crippen LogP contribution in [0.15, 0.2) is 18.2 Å². The van der Waals surface area contributed by atoms with E-state index in [1.165, 1.54) is 0 Å². The number of nitrogens with zero attached hydrogens (tertiary/aromatic N) is 1. The molecule has 0 fully saturated rings. The number of phenolic OH excluding ortho intramolecular Hbond substituents is 1. The molecule has 0 aliphatic rings. The minimum absolute atomic E-state index is 0.0325. The van der Waals surface area contributed by atoms with Gasteiger partial charge in [0.1, 0.15) is 11.6 Å². The predicted octanol–water partition coefficient (Wildman–Crippen LogP) is 1.48. The summed E-state index contributed by atoms with van der Waals surface area (Å²) in [4.78, 5) is 20.7. The summed E-state index contributed by atoms with van der Waals surface area (Å²) >= 11 is 5.23. The van der Waals surface area contributed by atoms with Crippen molar-refractivity contribution < 1.29 is 14.8 Å². The molecule has 1 aromatic carbocycles. The Kier molecular flexibility index (Phi) is 3.46. The van der Waals surface area contributed by atoms with Gasteiger partial charge < -0.3 is 10.4 Å². The van der Waals surface area contributed by atoms with Gasteiger partial charge in [-0.3, -0.25) is 14.9 Å². The molecule has 0 spiro atoms. The smallest absolute Gasteiger partial charge is 0.271 e. The zero-order chi connectivity index (χ0) is 11.4. The van der Waals surface area contributed by atoms with Crippen LogP contribution in [0.5, 0.6) is 5.75 Å². The number of nitrogens with one attached hydrogen (secondary N) is 1. The summed E-state index contributed by atoms with van der Waals surface area (Å²) in [6, 6.07) is 3.31. The van der Waals surface area contributed by atoms with Crippen molar-refractivity contribution >= 4 is 28.9 Å². The zero-order valence-corrected chi connectivity index (χ0v) is 8.19. The molecule has 6 nitrogen and oxygen atoms in total. The summed E-state index contributed by atoms with van der Waals surface area (Å²) in [5, 5.41) is 21.9. The van der Waals surface area contributed by atoms with Crippen molar-refractivity contribution in [3.8, 4) is 5.75 Å². The summed E-state index contributed by atoms with van der Waals surface area (Å²) in [6.07, 6.45) is 0. The van der Waals surface area contributed by atoms with E-state index in [0.29, 0.717) is 0 Å². The molecule has 1 aromatic rings. The molecule has 0 heterocycles. The number of carbonyl (C=O) groups excluding carboxylic acids is 1. The van der Waals surface area contributed by atoms with E-state index in [2.05, 4.69) is 5.32 Å². The van der Waals surface area contributed by atoms with Gasteiger partial charge in [-0.25, -0.2) is 0 Å². The molecule has 7 heteroatoms. The van der Waals surface area contributed by atoms with E-state index in [0.717, 1.165) is 18.2 Å². The van der Waals surface area contributed by atoms with E-state index in [4.69, 9.17) is 11.6 Å². The van der Waals surface area contributed by atoms with Crippen LogP contribution in [-0.4, -0.2) is 21.8 Å². The van der Waals surface area contributed by atoms with Crippen molar-refractivity contribution in [2.45, 2.75) is 0 Å². The molecule has 2 N–H and O–H groups in total. The third-order valence-corrected chi connectivity index (χ3v) is 1.83. The van der Waals surface area contributed by atoms with Crippen molar-refractivity contribution in [2.24, 2.45) is 0 Å². The van der Waals surface area contributed by atoms with Crippen LogP contribution in [0.4, 0.5) is 11.4 Å². The van der Waals surface area contributed by atoms with Crippen LogP contribution < -0.4 is 5.32 Å². The number of hydrogen-bond acceptors (Lipinski definition) is 4. The molecule has 0 unspecified atom stereocenters. The molecule has 1 amide bonds. The molecule has 0 bridgehead atoms. The molecule has 0 aliphatic heterocycles. The fourth-order valence-electron chi connectivity index (χ4n) is 0.921. The Morgan fingerprint density at radius 1 is 1.60 bits per heavy atom. The number of benzene rings is 1. The van der Waals surface area contributed by atoms with Crippen molar-refractivity contribution in [1.82, 2.24) is 0 Å². The molecule has 0 radical (unpaired) electrons. The van der Waals surface area contributed by atoms with Gasteiger partial charge in [-0.2, -0.15) is 0 Å². The second-order valence-corrected chi connectivity index (χ2v) is 2.91. The number of nitro groups is 1. The van der Waals surface area contributed by atoms with Gasteiger partial charge in [-0.05, 0) is 6.07 Å². The minimum atomic E-state index is -0.629. The lowest BCUT2D eigenvalue weighted by Gasteiger charge is -2.04. The first kappa shape index (κ1) is 11.3. The fourth-order valence-corrected chi connectivity index (χ4v) is 0.988. The van der Waals surface area contributed by atoms with Crippen molar-refractivity contribution in [2.75, 3.05) is 11.2 Å². The number of halogens is 1. The normalized spacial score (nSPS) is 9.67. The molecule has 0 aromatic heterocycles. The van der Waals surface area contributed by atoms with Gasteiger partial charge in [-0.1, -0.05) is 0 Å². The summed E-state index contributed by atoms with van der Waals surface area (Å²) in [5.74, 6) is -1.09. The third-order valence-electron chi connectivity index (χ3n) is 1.59. The minimum Gasteiger partial charge on any atom is -0.506 e. The highest BCUT2D eigenvalue weighted by molar-refractivity contribution is 6.29. The summed E-state index contributed by atoms with van der Waals surface area (Å²) in [5.41, 5.74) is -0.257. The SMILES string of the molecule is O=C(CCl)Nc1cc([N+](=O)[O-])ccc1O. The van der Waals surface area contributed by atoms with Crippen LogP contribution in [-0.2, 0) is 4.79 Å². The number of amides is 1. The van der Waals surface area contributed by atoms with Gasteiger partial charge in [0.2, 0.25) is 5.91 Å². The van der Waals surface area contributed by atoms with E-state index in [-0.39, 0.29) is 23.0 Å². The van der Waals surface area contributed by atoms with Crippen LogP contribution in [0.3, 0.4) is 0 Å². The van der Waals surface area contributed by atoms with Gasteiger partial charge in [0, 0.05) is 12.1 Å². The monoisotopic (exact) mass is 230 g/mol. The van der Waals surface area contributed by atoms with E-state index < -0.39 is 10.8 Å². The predicted molar refractivity (Wildman–Crippen MR) is 54.1 cm³/mol. The first-order valence-corrected chi connectivity index (χ1v) is 4.41. The number of alkyl halides is 1. The highest BCUT2D eigenvalue weighted by atomic mass is 35.5. The second-order valence-electron chi connectivity index (χ2n) is 2.64. The Morgan fingerprint density at radius 2 is 2.27 bits per heavy atom. The Hall–Kier alpha value is -1.82. The lowest BCUT2D eigenvalue weighted by Crippen LogP contribution is -2.12. The van der Waals surface area contributed by atoms with Gasteiger partial charge in [0.05, 0.1) is 10.6 Å². The lowest BCUT2D eigenvalue weighted by molar-refractivity contribution is -0.384. The number of aromatic hydroxyl groups is 1. The second kappa shape index (κ2) is 4.61. The highest BCUT2D eigenvalue weighted by Crippen LogP contribution is 2.27. The summed E-state index contributed by atoms with van der Waals surface area (Å²) in [7, 11) is 0. The van der Waals surface area contributed by atoms with Crippen LogP contribution in [0.2, 0.25) is 0 Å². The average molecular weight is 231 g/mol. The fraction of sp³-hybridized carbons (Fsp3) is 0.125. The quantitative estimate of drug-likeness (QED) is 0.356. The average Bonchev–Trinajstić information content (AvgIpc) is 2.20. The van der Waals surface area contributed by atoms with E-state index in [1.54, 1.807) is 0 Å². The lowest BCUT2D eigenvalue weighted by atomic mass is 10.2. The molecule has 0 saturated heterocycles. The topological polar surface area (TPSA) is 92.5 Å². The molecule has 0 saturated carbocycles. The van der Waals surface area contributed by atoms with Crippen LogP contribution in [0, 0.1) is 10.1 Å². The Bertz CT molecular complexity index is 408. The molecular weight excluding hydrogens is 224 g/mol. The van der Waals surface area contributed by atoms with Gasteiger partial charge in [0.25, 0.3) is 5.69 Å². The van der Waals surface area contributed by atoms with Gasteiger partial charge in [-0.15, -0.1) is 11.6 Å². The Balaban J connectivity index is 3.00. The first-order valence-electron chi connectivity index (χ1n) is 3.88. The maximum atomic E-state index is 10.9. The maximum Gasteiger partial charge on any atom is 0.271 e. The molecule has 0 atom stereocenters. The Morgan fingerprint density at radius 3 is 2.80 bits per heavy atom. The number of nitro benzene ring substituents is 1. The first-order chi connectivity index (χ1) is 7.04. The van der Waals surface area contributed by atoms with Crippen LogP contribution in [0.25, 0.3) is 0 Å². The van der Waals surface area contributed by atoms with E-state index in [1.807, 2.05) is 0 Å². The third kappa shape index (κ3) is 2.81. The number of phenols is 1. The van der Waals surface area contributed by atoms with Gasteiger partial charge in [0.15, 0.2) is 0 Å². The maximum absolute atomic E-state index is 10.9. The standard InChI is InChI=1S/C8H7ClN2O4/c9-4-8(13)10-6-3-5(11(14)15)1-2-7(6)12/h1-3,12H,4H2,(H,10,13).